The molecule has 1 fully saturated rings. The molecule has 0 aliphatic carbocycles. The monoisotopic (exact) mass is 298 g/mol. The summed E-state index contributed by atoms with van der Waals surface area (Å²) >= 11 is 0. The van der Waals surface area contributed by atoms with E-state index in [4.69, 9.17) is 15.2 Å². The number of rotatable bonds is 2. The van der Waals surface area contributed by atoms with E-state index >= 15 is 0 Å². The second-order valence-corrected chi connectivity index (χ2v) is 5.53. The molecule has 20 heavy (non-hydrogen) atoms. The van der Waals surface area contributed by atoms with Crippen molar-refractivity contribution in [2.75, 3.05) is 26.4 Å². The van der Waals surface area contributed by atoms with Crippen LogP contribution < -0.4 is 15.2 Å². The van der Waals surface area contributed by atoms with Gasteiger partial charge in [-0.1, -0.05) is 13.0 Å². The van der Waals surface area contributed by atoms with Crippen LogP contribution in [0.25, 0.3) is 0 Å². The Morgan fingerprint density at radius 1 is 1.45 bits per heavy atom. The number of nitrogens with zero attached hydrogens (tertiary/aromatic N) is 1. The predicted molar refractivity (Wildman–Crippen MR) is 77.5 cm³/mol. The van der Waals surface area contributed by atoms with Crippen molar-refractivity contribution in [1.82, 2.24) is 4.90 Å². The number of hydrogen-bond acceptors (Lipinski definition) is 4. The smallest absolute Gasteiger partial charge is 0.257 e. The number of nitrogens with two attached hydrogens (primary N) is 1. The van der Waals surface area contributed by atoms with E-state index in [1.54, 1.807) is 6.07 Å². The van der Waals surface area contributed by atoms with Crippen LogP contribution in [0.3, 0.4) is 0 Å². The van der Waals surface area contributed by atoms with Crippen molar-refractivity contribution < 1.29 is 14.3 Å². The minimum Gasteiger partial charge on any atom is -0.454 e. The van der Waals surface area contributed by atoms with Gasteiger partial charge in [-0.25, -0.2) is 0 Å². The molecule has 1 aromatic carbocycles. The van der Waals surface area contributed by atoms with Gasteiger partial charge in [0.1, 0.15) is 0 Å². The summed E-state index contributed by atoms with van der Waals surface area (Å²) in [5.41, 5.74) is 6.39. The molecule has 2 aliphatic heterocycles. The second-order valence-electron chi connectivity index (χ2n) is 5.53. The molecule has 0 radical (unpaired) electrons. The van der Waals surface area contributed by atoms with Crippen LogP contribution in [-0.4, -0.2) is 37.2 Å². The Kier molecular flexibility index (Phi) is 4.11. The Morgan fingerprint density at radius 3 is 2.95 bits per heavy atom. The maximum atomic E-state index is 12.6. The number of carbonyl (C=O) groups is 1. The first-order chi connectivity index (χ1) is 9.13. The largest absolute Gasteiger partial charge is 0.454 e. The van der Waals surface area contributed by atoms with Gasteiger partial charge >= 0.3 is 0 Å². The Hall–Kier alpha value is -1.46. The van der Waals surface area contributed by atoms with E-state index in [-0.39, 0.29) is 30.5 Å². The SMILES string of the molecule is CC1(CN)CCN(C(=O)c2cccc3c2OCO3)C1.Cl. The molecule has 0 aromatic heterocycles. The molecule has 110 valence electrons. The standard InChI is InChI=1S/C14H18N2O3.ClH/c1-14(7-15)5-6-16(8-14)13(17)10-3-2-4-11-12(10)19-9-18-11;/h2-4H,5-9,15H2,1H3;1H. The summed E-state index contributed by atoms with van der Waals surface area (Å²) in [5.74, 6) is 1.21. The minimum atomic E-state index is -0.000440. The molecular formula is C14H19ClN2O3. The summed E-state index contributed by atoms with van der Waals surface area (Å²) in [6.45, 7) is 4.35. The van der Waals surface area contributed by atoms with E-state index in [0.29, 0.717) is 30.2 Å². The molecule has 1 unspecified atom stereocenters. The molecule has 1 amide bonds. The maximum absolute atomic E-state index is 12.6. The third-order valence-electron chi connectivity index (χ3n) is 3.96. The molecule has 1 aromatic rings. The van der Waals surface area contributed by atoms with Crippen molar-refractivity contribution in [3.8, 4) is 11.5 Å². The molecule has 1 atom stereocenters. The third kappa shape index (κ3) is 2.43. The first-order valence-corrected chi connectivity index (χ1v) is 6.51. The quantitative estimate of drug-likeness (QED) is 0.901. The van der Waals surface area contributed by atoms with Crippen molar-refractivity contribution in [2.45, 2.75) is 13.3 Å². The van der Waals surface area contributed by atoms with E-state index in [1.807, 2.05) is 17.0 Å². The topological polar surface area (TPSA) is 64.8 Å². The highest BCUT2D eigenvalue weighted by atomic mass is 35.5. The van der Waals surface area contributed by atoms with E-state index in [1.165, 1.54) is 0 Å². The fourth-order valence-electron chi connectivity index (χ4n) is 2.63. The van der Waals surface area contributed by atoms with Crippen LogP contribution in [0.15, 0.2) is 18.2 Å². The Morgan fingerprint density at radius 2 is 2.25 bits per heavy atom. The van der Waals surface area contributed by atoms with Crippen molar-refractivity contribution in [3.05, 3.63) is 23.8 Å². The molecule has 6 heteroatoms. The Bertz CT molecular complexity index is 523. The van der Waals surface area contributed by atoms with E-state index in [2.05, 4.69) is 6.92 Å². The number of amides is 1. The number of hydrogen-bond donors (Lipinski definition) is 1. The maximum Gasteiger partial charge on any atom is 0.257 e. The molecule has 0 spiro atoms. The van der Waals surface area contributed by atoms with Crippen molar-refractivity contribution in [2.24, 2.45) is 11.1 Å². The van der Waals surface area contributed by atoms with Crippen molar-refractivity contribution in [3.63, 3.8) is 0 Å². The molecule has 2 N–H and O–H groups in total. The van der Waals surface area contributed by atoms with Crippen LogP contribution in [0.5, 0.6) is 11.5 Å². The van der Waals surface area contributed by atoms with Gasteiger partial charge in [0.05, 0.1) is 5.56 Å². The second kappa shape index (κ2) is 5.50. The van der Waals surface area contributed by atoms with Crippen molar-refractivity contribution >= 4 is 18.3 Å². The third-order valence-corrected chi connectivity index (χ3v) is 3.96. The van der Waals surface area contributed by atoms with Gasteiger partial charge in [0.25, 0.3) is 5.91 Å². The normalized spacial score (nSPS) is 23.6. The van der Waals surface area contributed by atoms with Gasteiger partial charge in [-0.3, -0.25) is 4.79 Å². The zero-order chi connectivity index (χ0) is 13.5. The fourth-order valence-corrected chi connectivity index (χ4v) is 2.63. The molecule has 3 rings (SSSR count). The van der Waals surface area contributed by atoms with Crippen LogP contribution in [0.2, 0.25) is 0 Å². The minimum absolute atomic E-state index is 0. The van der Waals surface area contributed by atoms with Crippen molar-refractivity contribution in [1.29, 1.82) is 0 Å². The number of para-hydroxylation sites is 1. The number of halogens is 1. The van der Waals surface area contributed by atoms with Gasteiger partial charge in [-0.05, 0) is 30.5 Å². The number of fused-ring (bicyclic) bond motifs is 1. The highest BCUT2D eigenvalue weighted by Crippen LogP contribution is 2.37. The average Bonchev–Trinajstić information content (AvgIpc) is 3.04. The van der Waals surface area contributed by atoms with Gasteiger partial charge in [-0.15, -0.1) is 12.4 Å². The number of benzene rings is 1. The molecule has 5 nitrogen and oxygen atoms in total. The number of carbonyl (C=O) groups excluding carboxylic acids is 1. The van der Waals surface area contributed by atoms with Crippen LogP contribution in [0.4, 0.5) is 0 Å². The number of ether oxygens (including phenoxy) is 2. The molecule has 2 heterocycles. The zero-order valence-electron chi connectivity index (χ0n) is 11.4. The summed E-state index contributed by atoms with van der Waals surface area (Å²) in [4.78, 5) is 14.4. The highest BCUT2D eigenvalue weighted by molar-refractivity contribution is 5.98. The molecule has 2 aliphatic rings. The first-order valence-electron chi connectivity index (χ1n) is 6.51. The van der Waals surface area contributed by atoms with E-state index in [9.17, 15) is 4.79 Å². The molecule has 0 bridgehead atoms. The van der Waals surface area contributed by atoms with E-state index in [0.717, 1.165) is 13.0 Å². The summed E-state index contributed by atoms with van der Waals surface area (Å²) in [6, 6.07) is 5.42. The average molecular weight is 299 g/mol. The fraction of sp³-hybridized carbons (Fsp3) is 0.500. The molecular weight excluding hydrogens is 280 g/mol. The zero-order valence-corrected chi connectivity index (χ0v) is 12.2. The summed E-state index contributed by atoms with van der Waals surface area (Å²) in [6.07, 6.45) is 0.946. The van der Waals surface area contributed by atoms with Gasteiger partial charge in [-0.2, -0.15) is 0 Å². The lowest BCUT2D eigenvalue weighted by molar-refractivity contribution is 0.0772. The number of likely N-dealkylation sites (tertiary alicyclic amines) is 1. The molecule has 0 saturated carbocycles. The van der Waals surface area contributed by atoms with Crippen LogP contribution in [0, 0.1) is 5.41 Å². The Balaban J connectivity index is 0.00000147. The van der Waals surface area contributed by atoms with Gasteiger partial charge < -0.3 is 20.1 Å². The first kappa shape index (κ1) is 14.9. The summed E-state index contributed by atoms with van der Waals surface area (Å²) in [5, 5.41) is 0. The highest BCUT2D eigenvalue weighted by Gasteiger charge is 2.36. The van der Waals surface area contributed by atoms with Crippen LogP contribution >= 0.6 is 12.4 Å². The van der Waals surface area contributed by atoms with Gasteiger partial charge in [0.2, 0.25) is 6.79 Å². The predicted octanol–water partition coefficient (Wildman–Crippen LogP) is 1.65. The van der Waals surface area contributed by atoms with Crippen LogP contribution in [0.1, 0.15) is 23.7 Å². The van der Waals surface area contributed by atoms with Gasteiger partial charge in [0, 0.05) is 13.1 Å². The summed E-state index contributed by atoms with van der Waals surface area (Å²) in [7, 11) is 0. The lowest BCUT2D eigenvalue weighted by atomic mass is 9.90. The van der Waals surface area contributed by atoms with Crippen LogP contribution in [-0.2, 0) is 0 Å². The van der Waals surface area contributed by atoms with E-state index < -0.39 is 0 Å². The lowest BCUT2D eigenvalue weighted by Crippen LogP contribution is -2.34. The lowest BCUT2D eigenvalue weighted by Gasteiger charge is -2.22. The molecule has 1 saturated heterocycles. The Labute approximate surface area is 124 Å². The van der Waals surface area contributed by atoms with Gasteiger partial charge in [0.15, 0.2) is 11.5 Å². The summed E-state index contributed by atoms with van der Waals surface area (Å²) < 4.78 is 10.7.